The molecule has 0 unspecified atom stereocenters. The van der Waals surface area contributed by atoms with Crippen LogP contribution in [0.2, 0.25) is 5.02 Å². The van der Waals surface area contributed by atoms with Crippen LogP contribution < -0.4 is 14.4 Å². The lowest BCUT2D eigenvalue weighted by atomic mass is 10.1. The number of halogens is 2. The van der Waals surface area contributed by atoms with Crippen molar-refractivity contribution in [3.63, 3.8) is 0 Å². The van der Waals surface area contributed by atoms with Gasteiger partial charge in [0.2, 0.25) is 11.8 Å². The molecule has 3 aromatic rings. The van der Waals surface area contributed by atoms with Crippen LogP contribution in [0.25, 0.3) is 0 Å². The first kappa shape index (κ1) is 33.4. The second kappa shape index (κ2) is 14.9. The van der Waals surface area contributed by atoms with Crippen LogP contribution in [0.5, 0.6) is 5.75 Å². The lowest BCUT2D eigenvalue weighted by molar-refractivity contribution is -0.140. The van der Waals surface area contributed by atoms with Gasteiger partial charge in [-0.15, -0.1) is 0 Å². The Morgan fingerprint density at radius 1 is 1.02 bits per heavy atom. The third kappa shape index (κ3) is 8.05. The van der Waals surface area contributed by atoms with Crippen LogP contribution in [0, 0.1) is 6.92 Å². The molecular weight excluding hydrogens is 642 g/mol. The van der Waals surface area contributed by atoms with Crippen LogP contribution in [0.1, 0.15) is 44.7 Å². The first-order valence-electron chi connectivity index (χ1n) is 13.7. The standard InChI is InChI=1S/C31H37BrClN3O5S/c1-6-22(4)34-31(38)28(7-2)35(19-23-10-8-9-11-27(23)33)30(37)20-36(24-14-12-21(3)13-15-24)42(39,40)25-16-17-29(41-5)26(32)18-25/h8-18,22,28H,6-7,19-20H2,1-5H3,(H,34,38)/t22-,28-/m0/s1. The summed E-state index contributed by atoms with van der Waals surface area (Å²) in [7, 11) is -2.74. The Labute approximate surface area is 262 Å². The zero-order chi connectivity index (χ0) is 31.0. The van der Waals surface area contributed by atoms with Crippen LogP contribution in [0.3, 0.4) is 0 Å². The first-order chi connectivity index (χ1) is 19.9. The number of carbonyl (C=O) groups excluding carboxylic acids is 2. The smallest absolute Gasteiger partial charge is 0.264 e. The van der Waals surface area contributed by atoms with Gasteiger partial charge in [-0.05, 0) is 84.6 Å². The van der Waals surface area contributed by atoms with E-state index in [0.717, 1.165) is 16.3 Å². The van der Waals surface area contributed by atoms with Crippen LogP contribution in [-0.2, 0) is 26.2 Å². The Morgan fingerprint density at radius 3 is 2.26 bits per heavy atom. The molecule has 3 aromatic carbocycles. The Bertz CT molecular complexity index is 1500. The van der Waals surface area contributed by atoms with E-state index in [-0.39, 0.29) is 23.4 Å². The third-order valence-electron chi connectivity index (χ3n) is 7.00. The highest BCUT2D eigenvalue weighted by atomic mass is 79.9. The van der Waals surface area contributed by atoms with E-state index < -0.39 is 28.5 Å². The van der Waals surface area contributed by atoms with Crippen LogP contribution in [0.15, 0.2) is 76.1 Å². The van der Waals surface area contributed by atoms with Gasteiger partial charge in [-0.1, -0.05) is 61.3 Å². The summed E-state index contributed by atoms with van der Waals surface area (Å²) < 4.78 is 35.0. The van der Waals surface area contributed by atoms with E-state index in [9.17, 15) is 18.0 Å². The van der Waals surface area contributed by atoms with Crippen molar-refractivity contribution in [2.24, 2.45) is 0 Å². The molecule has 3 rings (SSSR count). The minimum atomic E-state index is -4.23. The molecule has 0 aromatic heterocycles. The van der Waals surface area contributed by atoms with E-state index in [0.29, 0.717) is 32.9 Å². The molecule has 0 aliphatic heterocycles. The fourth-order valence-electron chi connectivity index (χ4n) is 4.35. The second-order valence-corrected chi connectivity index (χ2v) is 13.1. The topological polar surface area (TPSA) is 96.0 Å². The van der Waals surface area contributed by atoms with E-state index in [4.69, 9.17) is 16.3 Å². The molecule has 8 nitrogen and oxygen atoms in total. The molecule has 0 heterocycles. The quantitative estimate of drug-likeness (QED) is 0.228. The summed E-state index contributed by atoms with van der Waals surface area (Å²) in [6.07, 6.45) is 1.04. The number of sulfonamides is 1. The molecule has 11 heteroatoms. The number of ether oxygens (including phenoxy) is 1. The SMILES string of the molecule is CC[C@H](C)NC(=O)[C@H](CC)N(Cc1ccccc1Cl)C(=O)CN(c1ccc(C)cc1)S(=O)(=O)c1ccc(OC)c(Br)c1. The third-order valence-corrected chi connectivity index (χ3v) is 9.76. The van der Waals surface area contributed by atoms with Crippen molar-refractivity contribution in [3.05, 3.63) is 87.4 Å². The molecule has 0 saturated carbocycles. The number of hydrogen-bond acceptors (Lipinski definition) is 5. The van der Waals surface area contributed by atoms with Crippen molar-refractivity contribution in [1.29, 1.82) is 0 Å². The lowest BCUT2D eigenvalue weighted by Crippen LogP contribution is -2.53. The number of hydrogen-bond donors (Lipinski definition) is 1. The molecule has 1 N–H and O–H groups in total. The Hall–Kier alpha value is -3.08. The number of anilines is 1. The van der Waals surface area contributed by atoms with Gasteiger partial charge in [0.1, 0.15) is 18.3 Å². The molecule has 226 valence electrons. The summed E-state index contributed by atoms with van der Waals surface area (Å²) >= 11 is 9.82. The first-order valence-corrected chi connectivity index (χ1v) is 16.3. The summed E-state index contributed by atoms with van der Waals surface area (Å²) in [6, 6.07) is 17.4. The van der Waals surface area contributed by atoms with Crippen molar-refractivity contribution in [1.82, 2.24) is 10.2 Å². The van der Waals surface area contributed by atoms with Gasteiger partial charge >= 0.3 is 0 Å². The second-order valence-electron chi connectivity index (χ2n) is 10.00. The van der Waals surface area contributed by atoms with Gasteiger partial charge in [-0.3, -0.25) is 13.9 Å². The van der Waals surface area contributed by atoms with Crippen LogP contribution >= 0.6 is 27.5 Å². The Morgan fingerprint density at radius 2 is 1.69 bits per heavy atom. The molecule has 0 aliphatic rings. The maximum atomic E-state index is 14.2. The minimum absolute atomic E-state index is 0.0252. The molecule has 2 amide bonds. The van der Waals surface area contributed by atoms with Gasteiger partial charge in [-0.2, -0.15) is 0 Å². The predicted molar refractivity (Wildman–Crippen MR) is 170 cm³/mol. The highest BCUT2D eigenvalue weighted by Crippen LogP contribution is 2.31. The molecule has 0 saturated heterocycles. The summed E-state index contributed by atoms with van der Waals surface area (Å²) in [4.78, 5) is 29.0. The molecular formula is C31H37BrClN3O5S. The molecule has 0 spiro atoms. The van der Waals surface area contributed by atoms with Crippen molar-refractivity contribution in [2.45, 2.75) is 64.1 Å². The van der Waals surface area contributed by atoms with Crippen molar-refractivity contribution >= 4 is 55.1 Å². The summed E-state index contributed by atoms with van der Waals surface area (Å²) in [5, 5.41) is 3.41. The van der Waals surface area contributed by atoms with Crippen LogP contribution in [0.4, 0.5) is 5.69 Å². The zero-order valence-corrected chi connectivity index (χ0v) is 27.6. The van der Waals surface area contributed by atoms with Crippen LogP contribution in [-0.4, -0.2) is 50.9 Å². The number of amides is 2. The number of nitrogens with one attached hydrogen (secondary N) is 1. The molecule has 0 aliphatic carbocycles. The van der Waals surface area contributed by atoms with E-state index >= 15 is 0 Å². The molecule has 0 fully saturated rings. The van der Waals surface area contributed by atoms with Gasteiger partial charge in [0.15, 0.2) is 0 Å². The van der Waals surface area contributed by atoms with E-state index in [1.807, 2.05) is 27.7 Å². The van der Waals surface area contributed by atoms with Gasteiger partial charge in [-0.25, -0.2) is 8.42 Å². The number of methoxy groups -OCH3 is 1. The van der Waals surface area contributed by atoms with Crippen molar-refractivity contribution < 1.29 is 22.7 Å². The molecule has 2 atom stereocenters. The predicted octanol–water partition coefficient (Wildman–Crippen LogP) is 6.34. The van der Waals surface area contributed by atoms with Gasteiger partial charge in [0, 0.05) is 17.6 Å². The molecule has 0 bridgehead atoms. The molecule has 42 heavy (non-hydrogen) atoms. The van der Waals surface area contributed by atoms with E-state index in [2.05, 4.69) is 21.2 Å². The number of benzene rings is 3. The maximum Gasteiger partial charge on any atom is 0.264 e. The number of rotatable bonds is 13. The summed E-state index contributed by atoms with van der Waals surface area (Å²) in [5.41, 5.74) is 1.89. The van der Waals surface area contributed by atoms with E-state index in [1.54, 1.807) is 54.6 Å². The number of nitrogens with zero attached hydrogens (tertiary/aromatic N) is 2. The zero-order valence-electron chi connectivity index (χ0n) is 24.4. The van der Waals surface area contributed by atoms with Crippen molar-refractivity contribution in [2.75, 3.05) is 18.0 Å². The monoisotopic (exact) mass is 677 g/mol. The average Bonchev–Trinajstić information content (AvgIpc) is 2.96. The fraction of sp³-hybridized carbons (Fsp3) is 0.355. The van der Waals surface area contributed by atoms with Gasteiger partial charge in [0.25, 0.3) is 10.0 Å². The maximum absolute atomic E-state index is 14.2. The van der Waals surface area contributed by atoms with E-state index in [1.165, 1.54) is 24.1 Å². The van der Waals surface area contributed by atoms with Gasteiger partial charge in [0.05, 0.1) is 22.2 Å². The minimum Gasteiger partial charge on any atom is -0.496 e. The summed E-state index contributed by atoms with van der Waals surface area (Å²) in [5.74, 6) is -0.384. The average molecular weight is 679 g/mol. The van der Waals surface area contributed by atoms with Gasteiger partial charge < -0.3 is 15.0 Å². The lowest BCUT2D eigenvalue weighted by Gasteiger charge is -2.34. The highest BCUT2D eigenvalue weighted by molar-refractivity contribution is 9.10. The highest BCUT2D eigenvalue weighted by Gasteiger charge is 2.34. The Balaban J connectivity index is 2.09. The number of carbonyl (C=O) groups is 2. The number of aryl methyl sites for hydroxylation is 1. The normalized spacial score (nSPS) is 12.7. The van der Waals surface area contributed by atoms with Crippen molar-refractivity contribution in [3.8, 4) is 5.75 Å². The summed E-state index contributed by atoms with van der Waals surface area (Å²) in [6.45, 7) is 7.05. The molecule has 0 radical (unpaired) electrons. The largest absolute Gasteiger partial charge is 0.496 e. The fourth-order valence-corrected chi connectivity index (χ4v) is 6.67. The Kier molecular flexibility index (Phi) is 11.8.